The Kier molecular flexibility index (Phi) is 1.86. The molecule has 0 radical (unpaired) electrons. The van der Waals surface area contributed by atoms with Crippen molar-refractivity contribution in [3.05, 3.63) is 22.9 Å². The summed E-state index contributed by atoms with van der Waals surface area (Å²) in [6.07, 6.45) is 3.62. The first-order valence-electron chi connectivity index (χ1n) is 3.36. The van der Waals surface area contributed by atoms with E-state index in [2.05, 4.69) is 9.97 Å². The zero-order valence-corrected chi connectivity index (χ0v) is 7.93. The van der Waals surface area contributed by atoms with Crippen LogP contribution in [-0.4, -0.2) is 14.5 Å². The minimum atomic E-state index is 0.526. The minimum absolute atomic E-state index is 0.526. The van der Waals surface area contributed by atoms with Crippen LogP contribution in [0.25, 0.3) is 10.8 Å². The summed E-state index contributed by atoms with van der Waals surface area (Å²) in [7, 11) is 1.93. The van der Waals surface area contributed by atoms with Gasteiger partial charge in [-0.05, 0) is 0 Å². The molecule has 2 aromatic rings. The Morgan fingerprint density at radius 1 is 1.58 bits per heavy atom. The van der Waals surface area contributed by atoms with Gasteiger partial charge in [0, 0.05) is 24.8 Å². The first kappa shape index (κ1) is 7.76. The SMILES string of the molecule is Cn1ccnc1-c1nc(Cl)cs1. The Morgan fingerprint density at radius 2 is 2.42 bits per heavy atom. The summed E-state index contributed by atoms with van der Waals surface area (Å²) in [4.78, 5) is 8.27. The van der Waals surface area contributed by atoms with Crippen LogP contribution in [0.15, 0.2) is 17.8 Å². The van der Waals surface area contributed by atoms with Gasteiger partial charge in [-0.2, -0.15) is 0 Å². The molecule has 0 saturated heterocycles. The van der Waals surface area contributed by atoms with Crippen LogP contribution in [0.1, 0.15) is 0 Å². The van der Waals surface area contributed by atoms with E-state index < -0.39 is 0 Å². The van der Waals surface area contributed by atoms with Gasteiger partial charge in [0.2, 0.25) is 0 Å². The largest absolute Gasteiger partial charge is 0.332 e. The standard InChI is InChI=1S/C7H6ClN3S/c1-11-3-2-9-6(11)7-10-5(8)4-12-7/h2-4H,1H3. The molecule has 0 spiro atoms. The first-order chi connectivity index (χ1) is 5.77. The second kappa shape index (κ2) is 2.88. The fourth-order valence-corrected chi connectivity index (χ4v) is 1.91. The van der Waals surface area contributed by atoms with Gasteiger partial charge in [-0.3, -0.25) is 0 Å². The molecule has 2 aromatic heterocycles. The monoisotopic (exact) mass is 199 g/mol. The minimum Gasteiger partial charge on any atom is -0.332 e. The number of aromatic nitrogens is 3. The fraction of sp³-hybridized carbons (Fsp3) is 0.143. The van der Waals surface area contributed by atoms with E-state index in [0.717, 1.165) is 10.8 Å². The van der Waals surface area contributed by atoms with Gasteiger partial charge in [0.15, 0.2) is 10.8 Å². The van der Waals surface area contributed by atoms with Crippen LogP contribution in [0.5, 0.6) is 0 Å². The summed E-state index contributed by atoms with van der Waals surface area (Å²) < 4.78 is 1.91. The van der Waals surface area contributed by atoms with E-state index in [1.54, 1.807) is 11.6 Å². The molecule has 0 aliphatic rings. The van der Waals surface area contributed by atoms with Crippen molar-refractivity contribution in [1.29, 1.82) is 0 Å². The van der Waals surface area contributed by atoms with Gasteiger partial charge in [-0.1, -0.05) is 11.6 Å². The van der Waals surface area contributed by atoms with E-state index in [1.807, 2.05) is 17.8 Å². The number of aryl methyl sites for hydroxylation is 1. The van der Waals surface area contributed by atoms with Gasteiger partial charge in [0.05, 0.1) is 0 Å². The van der Waals surface area contributed by atoms with Gasteiger partial charge in [0.25, 0.3) is 0 Å². The van der Waals surface area contributed by atoms with Crippen molar-refractivity contribution in [2.75, 3.05) is 0 Å². The second-order valence-electron chi connectivity index (χ2n) is 2.34. The molecule has 62 valence electrons. The average Bonchev–Trinajstić information content (AvgIpc) is 2.58. The molecule has 0 unspecified atom stereocenters. The Labute approximate surface area is 78.7 Å². The molecule has 0 saturated carbocycles. The lowest BCUT2D eigenvalue weighted by Crippen LogP contribution is -1.89. The van der Waals surface area contributed by atoms with Crippen LogP contribution in [0.3, 0.4) is 0 Å². The third-order valence-electron chi connectivity index (χ3n) is 1.49. The van der Waals surface area contributed by atoms with Gasteiger partial charge >= 0.3 is 0 Å². The van der Waals surface area contributed by atoms with E-state index >= 15 is 0 Å². The molecule has 0 aliphatic heterocycles. The molecule has 0 N–H and O–H groups in total. The number of nitrogens with zero attached hydrogens (tertiary/aromatic N) is 3. The molecule has 2 rings (SSSR count). The molecular formula is C7H6ClN3S. The summed E-state index contributed by atoms with van der Waals surface area (Å²) in [6, 6.07) is 0. The normalized spacial score (nSPS) is 10.5. The van der Waals surface area contributed by atoms with E-state index in [1.165, 1.54) is 11.3 Å². The molecule has 0 fully saturated rings. The molecule has 0 bridgehead atoms. The zero-order valence-electron chi connectivity index (χ0n) is 6.36. The van der Waals surface area contributed by atoms with Crippen LogP contribution in [0.2, 0.25) is 5.15 Å². The van der Waals surface area contributed by atoms with Crippen molar-refractivity contribution in [2.24, 2.45) is 7.05 Å². The predicted octanol–water partition coefficient (Wildman–Crippen LogP) is 2.20. The summed E-state index contributed by atoms with van der Waals surface area (Å²) in [6.45, 7) is 0. The van der Waals surface area contributed by atoms with Gasteiger partial charge in [0.1, 0.15) is 5.15 Å². The van der Waals surface area contributed by atoms with E-state index in [9.17, 15) is 0 Å². The van der Waals surface area contributed by atoms with Gasteiger partial charge < -0.3 is 4.57 Å². The van der Waals surface area contributed by atoms with Crippen molar-refractivity contribution < 1.29 is 0 Å². The average molecular weight is 200 g/mol. The second-order valence-corrected chi connectivity index (χ2v) is 3.58. The number of halogens is 1. The first-order valence-corrected chi connectivity index (χ1v) is 4.62. The van der Waals surface area contributed by atoms with Crippen LogP contribution in [0, 0.1) is 0 Å². The maximum absolute atomic E-state index is 5.69. The van der Waals surface area contributed by atoms with Crippen LogP contribution in [-0.2, 0) is 7.05 Å². The molecule has 2 heterocycles. The van der Waals surface area contributed by atoms with Crippen LogP contribution >= 0.6 is 22.9 Å². The highest BCUT2D eigenvalue weighted by molar-refractivity contribution is 7.13. The van der Waals surface area contributed by atoms with E-state index in [0.29, 0.717) is 5.15 Å². The molecule has 0 atom stereocenters. The number of hydrogen-bond donors (Lipinski definition) is 0. The highest BCUT2D eigenvalue weighted by Crippen LogP contribution is 2.23. The molecule has 12 heavy (non-hydrogen) atoms. The topological polar surface area (TPSA) is 30.7 Å². The van der Waals surface area contributed by atoms with E-state index in [-0.39, 0.29) is 0 Å². The van der Waals surface area contributed by atoms with E-state index in [4.69, 9.17) is 11.6 Å². The Hall–Kier alpha value is -0.870. The van der Waals surface area contributed by atoms with Crippen molar-refractivity contribution in [3.63, 3.8) is 0 Å². The van der Waals surface area contributed by atoms with Crippen molar-refractivity contribution >= 4 is 22.9 Å². The fourth-order valence-electron chi connectivity index (χ4n) is 0.929. The Morgan fingerprint density at radius 3 is 2.92 bits per heavy atom. The van der Waals surface area contributed by atoms with Crippen molar-refractivity contribution in [3.8, 4) is 10.8 Å². The molecular weight excluding hydrogens is 194 g/mol. The van der Waals surface area contributed by atoms with Gasteiger partial charge in [-0.15, -0.1) is 11.3 Å². The summed E-state index contributed by atoms with van der Waals surface area (Å²) >= 11 is 7.19. The summed E-state index contributed by atoms with van der Waals surface area (Å²) in [5, 5.41) is 3.18. The van der Waals surface area contributed by atoms with Crippen LogP contribution in [0.4, 0.5) is 0 Å². The highest BCUT2D eigenvalue weighted by Gasteiger charge is 2.06. The Bertz CT molecular complexity index is 393. The molecule has 0 aliphatic carbocycles. The third kappa shape index (κ3) is 1.23. The highest BCUT2D eigenvalue weighted by atomic mass is 35.5. The lowest BCUT2D eigenvalue weighted by molar-refractivity contribution is 0.922. The smallest absolute Gasteiger partial charge is 0.169 e. The maximum atomic E-state index is 5.69. The zero-order chi connectivity index (χ0) is 8.55. The van der Waals surface area contributed by atoms with Crippen molar-refractivity contribution in [1.82, 2.24) is 14.5 Å². The number of hydrogen-bond acceptors (Lipinski definition) is 3. The molecule has 3 nitrogen and oxygen atoms in total. The summed E-state index contributed by atoms with van der Waals surface area (Å²) in [5.74, 6) is 0.854. The lowest BCUT2D eigenvalue weighted by Gasteiger charge is -1.94. The number of imidazole rings is 1. The number of thiazole rings is 1. The third-order valence-corrected chi connectivity index (χ3v) is 2.65. The Balaban J connectivity index is 2.50. The number of rotatable bonds is 1. The molecule has 5 heteroatoms. The van der Waals surface area contributed by atoms with Crippen LogP contribution < -0.4 is 0 Å². The maximum Gasteiger partial charge on any atom is 0.169 e. The summed E-state index contributed by atoms with van der Waals surface area (Å²) in [5.41, 5.74) is 0. The lowest BCUT2D eigenvalue weighted by atomic mass is 10.6. The molecule has 0 aromatic carbocycles. The predicted molar refractivity (Wildman–Crippen MR) is 49.3 cm³/mol. The molecule has 0 amide bonds. The quantitative estimate of drug-likeness (QED) is 0.705. The van der Waals surface area contributed by atoms with Gasteiger partial charge in [-0.25, -0.2) is 9.97 Å². The van der Waals surface area contributed by atoms with Crippen molar-refractivity contribution in [2.45, 2.75) is 0 Å².